The average Bonchev–Trinajstić information content (AvgIpc) is 3.61. The first-order valence-corrected chi connectivity index (χ1v) is 19.7. The lowest BCUT2D eigenvalue weighted by Crippen LogP contribution is -2.44. The highest BCUT2D eigenvalue weighted by Crippen LogP contribution is 2.33. The summed E-state index contributed by atoms with van der Waals surface area (Å²) < 4.78 is 39.9. The fourth-order valence-corrected chi connectivity index (χ4v) is 7.40. The minimum absolute atomic E-state index is 0.0434. The first-order chi connectivity index (χ1) is 27.0. The van der Waals surface area contributed by atoms with Crippen LogP contribution in [0, 0.1) is 6.92 Å². The van der Waals surface area contributed by atoms with Crippen LogP contribution in [-0.4, -0.2) is 99.9 Å². The number of para-hydroxylation sites is 1. The molecule has 14 nitrogen and oxygen atoms in total. The predicted molar refractivity (Wildman–Crippen MR) is 216 cm³/mol. The second kappa shape index (κ2) is 17.5. The molecule has 1 aromatic heterocycles. The molecule has 0 radical (unpaired) electrons. The van der Waals surface area contributed by atoms with Crippen molar-refractivity contribution >= 4 is 56.1 Å². The van der Waals surface area contributed by atoms with E-state index >= 15 is 0 Å². The van der Waals surface area contributed by atoms with E-state index in [-0.39, 0.29) is 33.6 Å². The van der Waals surface area contributed by atoms with Gasteiger partial charge in [0, 0.05) is 38.8 Å². The second-order valence-electron chi connectivity index (χ2n) is 13.6. The number of aryl methyl sites for hydroxylation is 1. The number of unbranched alkanes of at least 4 members (excludes halogenated alkanes) is 1. The van der Waals surface area contributed by atoms with Crippen LogP contribution in [0.15, 0.2) is 95.5 Å². The predicted octanol–water partition coefficient (Wildman–Crippen LogP) is 5.72. The number of amides is 2. The molecule has 15 heteroatoms. The van der Waals surface area contributed by atoms with E-state index in [2.05, 4.69) is 42.8 Å². The van der Waals surface area contributed by atoms with Gasteiger partial charge in [0.1, 0.15) is 23.0 Å². The Labute approximate surface area is 326 Å². The van der Waals surface area contributed by atoms with Crippen LogP contribution in [0.4, 0.5) is 17.3 Å². The maximum Gasteiger partial charge on any atom is 0.264 e. The molecule has 56 heavy (non-hydrogen) atoms. The topological polar surface area (TPSA) is 166 Å². The van der Waals surface area contributed by atoms with Crippen molar-refractivity contribution in [2.75, 3.05) is 68.9 Å². The summed E-state index contributed by atoms with van der Waals surface area (Å²) >= 11 is 0. The number of aromatic amines is 1. The van der Waals surface area contributed by atoms with E-state index in [0.29, 0.717) is 46.9 Å². The van der Waals surface area contributed by atoms with E-state index in [9.17, 15) is 22.8 Å². The van der Waals surface area contributed by atoms with Crippen molar-refractivity contribution in [3.8, 4) is 11.5 Å². The number of sulfonamides is 1. The monoisotopic (exact) mass is 779 g/mol. The first-order valence-electron chi connectivity index (χ1n) is 18.2. The molecule has 0 bridgehead atoms. The molecule has 5 aromatic rings. The Morgan fingerprint density at radius 3 is 2.45 bits per heavy atom. The number of anilines is 3. The fraction of sp³-hybridized carbons (Fsp3) is 0.293. The van der Waals surface area contributed by atoms with Gasteiger partial charge in [-0.25, -0.2) is 22.9 Å². The number of aromatic nitrogens is 2. The number of rotatable bonds is 15. The highest BCUT2D eigenvalue weighted by Gasteiger charge is 2.23. The van der Waals surface area contributed by atoms with Gasteiger partial charge in [0.15, 0.2) is 0 Å². The first kappa shape index (κ1) is 39.5. The molecule has 2 amide bonds. The minimum atomic E-state index is -3.92. The number of fused-ring (bicyclic) bond motifs is 1. The third-order valence-corrected chi connectivity index (χ3v) is 10.9. The summed E-state index contributed by atoms with van der Waals surface area (Å²) in [6.07, 6.45) is 2.12. The van der Waals surface area contributed by atoms with Crippen LogP contribution in [0.3, 0.4) is 0 Å². The molecular weight excluding hydrogens is 735 g/mol. The maximum atomic E-state index is 13.8. The number of H-pyrrole nitrogens is 1. The number of likely N-dealkylation sites (N-methyl/N-ethyl adjacent to an activating group) is 1. The smallest absolute Gasteiger partial charge is 0.264 e. The number of carbonyl (C=O) groups is 2. The number of nitrogens with zero attached hydrogens (tertiary/aromatic N) is 4. The molecule has 0 atom stereocenters. The highest BCUT2D eigenvalue weighted by molar-refractivity contribution is 7.92. The van der Waals surface area contributed by atoms with Gasteiger partial charge in [0.25, 0.3) is 21.8 Å². The number of benzene rings is 4. The lowest BCUT2D eigenvalue weighted by molar-refractivity contribution is 0.0990. The van der Waals surface area contributed by atoms with Gasteiger partial charge in [-0.3, -0.25) is 9.59 Å². The van der Waals surface area contributed by atoms with Crippen LogP contribution < -0.4 is 24.4 Å². The molecule has 4 aromatic carbocycles. The molecule has 3 N–H and O–H groups in total. The van der Waals surface area contributed by atoms with Gasteiger partial charge in [-0.05, 0) is 93.4 Å². The van der Waals surface area contributed by atoms with Crippen LogP contribution >= 0.6 is 0 Å². The van der Waals surface area contributed by atoms with E-state index in [4.69, 9.17) is 9.47 Å². The zero-order chi connectivity index (χ0) is 39.8. The maximum absolute atomic E-state index is 13.8. The summed E-state index contributed by atoms with van der Waals surface area (Å²) in [4.78, 5) is 52.3. The number of ether oxygens (including phenoxy) is 2. The molecule has 1 saturated heterocycles. The van der Waals surface area contributed by atoms with Crippen LogP contribution in [0.1, 0.15) is 45.5 Å². The quantitative estimate of drug-likeness (QED) is 0.0884. The second-order valence-corrected chi connectivity index (χ2v) is 15.2. The average molecular weight is 780 g/mol. The van der Waals surface area contributed by atoms with Crippen LogP contribution in [0.25, 0.3) is 11.0 Å². The Hall–Kier alpha value is -6.15. The number of imidazole rings is 1. The Morgan fingerprint density at radius 2 is 1.71 bits per heavy atom. The summed E-state index contributed by atoms with van der Waals surface area (Å²) in [6.45, 7) is 5.84. The molecule has 1 aliphatic rings. The standard InChI is InChI=1S/C41H45N7O7S/c1-28-16-19-35(37(25-28)55-24-9-8-11-30(27-49)48-22-20-46(2)21-23-48)47(3)40(51)29-17-18-33(36(26-29)54-4)42-39(50)32-14-10-15-34-38(32)44-41(43-34)45-56(52,53)31-12-6-5-7-13-31/h5-7,10,12-19,25-26H,8-9,11,20-24H2,1-4H3,(H,42,50)(H2,43,44,45). The van der Waals surface area contributed by atoms with E-state index in [0.717, 1.165) is 44.6 Å². The Balaban J connectivity index is 1.10. The number of allylic oxidation sites excluding steroid dienone is 1. The Morgan fingerprint density at radius 1 is 0.946 bits per heavy atom. The molecule has 2 heterocycles. The zero-order valence-electron chi connectivity index (χ0n) is 31.8. The Bertz CT molecular complexity index is 2370. The van der Waals surface area contributed by atoms with Gasteiger partial charge in [-0.15, -0.1) is 0 Å². The van der Waals surface area contributed by atoms with Gasteiger partial charge in [0.2, 0.25) is 5.95 Å². The van der Waals surface area contributed by atoms with Gasteiger partial charge < -0.3 is 34.5 Å². The highest BCUT2D eigenvalue weighted by atomic mass is 32.2. The van der Waals surface area contributed by atoms with Crippen molar-refractivity contribution < 1.29 is 32.3 Å². The van der Waals surface area contributed by atoms with Crippen molar-refractivity contribution in [2.45, 2.75) is 31.1 Å². The molecule has 0 saturated carbocycles. The van der Waals surface area contributed by atoms with Gasteiger partial charge in [-0.1, -0.05) is 30.3 Å². The lowest BCUT2D eigenvalue weighted by atomic mass is 10.1. The van der Waals surface area contributed by atoms with E-state index in [1.54, 1.807) is 61.6 Å². The fourth-order valence-electron chi connectivity index (χ4n) is 6.41. The van der Waals surface area contributed by atoms with Crippen LogP contribution in [-0.2, 0) is 14.8 Å². The number of piperazine rings is 1. The summed E-state index contributed by atoms with van der Waals surface area (Å²) in [6, 6.07) is 23.1. The summed E-state index contributed by atoms with van der Waals surface area (Å²) in [5.74, 6) is 2.06. The number of hydrogen-bond acceptors (Lipinski definition) is 10. The van der Waals surface area contributed by atoms with Gasteiger partial charge in [0.05, 0.1) is 46.8 Å². The molecule has 292 valence electrons. The normalized spacial score (nSPS) is 13.2. The van der Waals surface area contributed by atoms with Crippen LogP contribution in [0.5, 0.6) is 11.5 Å². The molecule has 1 fully saturated rings. The molecular formula is C41H45N7O7S. The SMILES string of the molecule is COc1cc(C(=O)N(C)c2ccc(C)cc2OCCCCC(=C=O)N2CCN(C)CC2)ccc1NC(=O)c1cccc2[nH]c(NS(=O)(=O)c3ccccc3)nc12. The van der Waals surface area contributed by atoms with Crippen molar-refractivity contribution in [3.63, 3.8) is 0 Å². The van der Waals surface area contributed by atoms with Crippen molar-refractivity contribution in [1.82, 2.24) is 19.8 Å². The van der Waals surface area contributed by atoms with Gasteiger partial charge in [-0.2, -0.15) is 0 Å². The third kappa shape index (κ3) is 9.20. The minimum Gasteiger partial charge on any atom is -0.495 e. The van der Waals surface area contributed by atoms with Crippen molar-refractivity contribution in [1.29, 1.82) is 0 Å². The molecule has 6 rings (SSSR count). The molecule has 1 aliphatic heterocycles. The van der Waals surface area contributed by atoms with Crippen molar-refractivity contribution in [3.05, 3.63) is 107 Å². The largest absolute Gasteiger partial charge is 0.495 e. The Kier molecular flexibility index (Phi) is 12.4. The zero-order valence-corrected chi connectivity index (χ0v) is 32.6. The summed E-state index contributed by atoms with van der Waals surface area (Å²) in [7, 11) is 1.26. The summed E-state index contributed by atoms with van der Waals surface area (Å²) in [5.41, 5.74) is 3.79. The number of hydrogen-bond donors (Lipinski definition) is 3. The molecule has 0 aliphatic carbocycles. The molecule has 0 unspecified atom stereocenters. The van der Waals surface area contributed by atoms with Crippen molar-refractivity contribution in [2.24, 2.45) is 0 Å². The van der Waals surface area contributed by atoms with Gasteiger partial charge >= 0.3 is 0 Å². The summed E-state index contributed by atoms with van der Waals surface area (Å²) in [5, 5.41) is 2.83. The molecule has 0 spiro atoms. The number of carbonyl (C=O) groups excluding carboxylic acids is 3. The third-order valence-electron chi connectivity index (χ3n) is 9.59. The lowest BCUT2D eigenvalue weighted by Gasteiger charge is -2.34. The van der Waals surface area contributed by atoms with E-state index in [1.807, 2.05) is 25.1 Å². The number of methoxy groups -OCH3 is 1. The van der Waals surface area contributed by atoms with E-state index < -0.39 is 15.9 Å². The van der Waals surface area contributed by atoms with Crippen LogP contribution in [0.2, 0.25) is 0 Å². The number of nitrogens with one attached hydrogen (secondary N) is 3. The van der Waals surface area contributed by atoms with E-state index in [1.165, 1.54) is 24.1 Å².